The van der Waals surface area contributed by atoms with Crippen LogP contribution in [0.3, 0.4) is 0 Å². The van der Waals surface area contributed by atoms with Crippen molar-refractivity contribution in [2.75, 3.05) is 19.8 Å². The van der Waals surface area contributed by atoms with Gasteiger partial charge in [0.2, 0.25) is 0 Å². The van der Waals surface area contributed by atoms with Crippen molar-refractivity contribution in [2.45, 2.75) is 37.8 Å². The first-order chi connectivity index (χ1) is 8.15. The molecule has 1 aromatic carbocycles. The lowest BCUT2D eigenvalue weighted by Gasteiger charge is -2.32. The fourth-order valence-electron chi connectivity index (χ4n) is 2.42. The summed E-state index contributed by atoms with van der Waals surface area (Å²) < 4.78 is 5.96. The number of anilines is 1. The highest BCUT2D eigenvalue weighted by molar-refractivity contribution is 5.41. The summed E-state index contributed by atoms with van der Waals surface area (Å²) in [7, 11) is 4.32. The maximum atomic E-state index is 5.96. The van der Waals surface area contributed by atoms with Crippen molar-refractivity contribution in [3.63, 3.8) is 0 Å². The summed E-state index contributed by atoms with van der Waals surface area (Å²) in [6.45, 7) is 0. The van der Waals surface area contributed by atoms with Gasteiger partial charge in [-0.3, -0.25) is 0 Å². The van der Waals surface area contributed by atoms with Crippen LogP contribution in [0.15, 0.2) is 24.3 Å². The minimum Gasteiger partial charge on any atom is -0.490 e. The zero-order valence-electron chi connectivity index (χ0n) is 10.7. The smallest absolute Gasteiger partial charge is 0.119 e. The standard InChI is InChI=1S/C14H22N2O/c1-16(2)12-5-9-14(10-6-12)17-13-7-3-11(15)4-8-13/h3-4,7-8,12,14H,5-6,9-10,15H2,1-2H3. The van der Waals surface area contributed by atoms with Crippen molar-refractivity contribution >= 4 is 5.69 Å². The van der Waals surface area contributed by atoms with Crippen LogP contribution >= 0.6 is 0 Å². The molecule has 1 aliphatic rings. The van der Waals surface area contributed by atoms with Crippen molar-refractivity contribution in [3.05, 3.63) is 24.3 Å². The monoisotopic (exact) mass is 234 g/mol. The van der Waals surface area contributed by atoms with Crippen LogP contribution in [-0.4, -0.2) is 31.1 Å². The molecule has 0 saturated heterocycles. The number of ether oxygens (including phenoxy) is 1. The highest BCUT2D eigenvalue weighted by atomic mass is 16.5. The van der Waals surface area contributed by atoms with Gasteiger partial charge in [0.25, 0.3) is 0 Å². The number of nitrogen functional groups attached to an aromatic ring is 1. The summed E-state index contributed by atoms with van der Waals surface area (Å²) in [6, 6.07) is 8.41. The molecular formula is C14H22N2O. The van der Waals surface area contributed by atoms with Crippen LogP contribution in [-0.2, 0) is 0 Å². The van der Waals surface area contributed by atoms with E-state index >= 15 is 0 Å². The molecule has 3 nitrogen and oxygen atoms in total. The molecule has 0 spiro atoms. The topological polar surface area (TPSA) is 38.5 Å². The van der Waals surface area contributed by atoms with Gasteiger partial charge in [0.1, 0.15) is 5.75 Å². The lowest BCUT2D eigenvalue weighted by atomic mass is 9.92. The van der Waals surface area contributed by atoms with Crippen molar-refractivity contribution in [2.24, 2.45) is 0 Å². The van der Waals surface area contributed by atoms with Crippen molar-refractivity contribution < 1.29 is 4.74 Å². The van der Waals surface area contributed by atoms with E-state index in [-0.39, 0.29) is 0 Å². The predicted octanol–water partition coefficient (Wildman–Crippen LogP) is 2.52. The molecule has 0 bridgehead atoms. The molecule has 1 saturated carbocycles. The summed E-state index contributed by atoms with van der Waals surface area (Å²) >= 11 is 0. The molecule has 1 fully saturated rings. The van der Waals surface area contributed by atoms with Gasteiger partial charge in [0.05, 0.1) is 6.10 Å². The third-order valence-electron chi connectivity index (χ3n) is 3.56. The molecule has 3 heteroatoms. The first kappa shape index (κ1) is 12.2. The molecule has 0 heterocycles. The quantitative estimate of drug-likeness (QED) is 0.817. The Morgan fingerprint density at radius 1 is 1.06 bits per heavy atom. The first-order valence-electron chi connectivity index (χ1n) is 6.34. The molecule has 0 aliphatic heterocycles. The van der Waals surface area contributed by atoms with Crippen LogP contribution < -0.4 is 10.5 Å². The zero-order chi connectivity index (χ0) is 12.3. The summed E-state index contributed by atoms with van der Waals surface area (Å²) in [5, 5.41) is 0. The summed E-state index contributed by atoms with van der Waals surface area (Å²) in [4.78, 5) is 2.32. The highest BCUT2D eigenvalue weighted by Gasteiger charge is 2.23. The van der Waals surface area contributed by atoms with Gasteiger partial charge in [-0.15, -0.1) is 0 Å². The molecule has 0 radical (unpaired) electrons. The number of hydrogen-bond acceptors (Lipinski definition) is 3. The van der Waals surface area contributed by atoms with Gasteiger partial charge in [-0.1, -0.05) is 0 Å². The molecule has 0 aromatic heterocycles. The molecule has 17 heavy (non-hydrogen) atoms. The molecular weight excluding hydrogens is 212 g/mol. The average Bonchev–Trinajstić information content (AvgIpc) is 2.33. The van der Waals surface area contributed by atoms with E-state index in [9.17, 15) is 0 Å². The zero-order valence-corrected chi connectivity index (χ0v) is 10.7. The second-order valence-corrected chi connectivity index (χ2v) is 5.08. The van der Waals surface area contributed by atoms with E-state index in [2.05, 4.69) is 19.0 Å². The Hall–Kier alpha value is -1.22. The number of hydrogen-bond donors (Lipinski definition) is 1. The number of rotatable bonds is 3. The Bertz CT molecular complexity index is 340. The Morgan fingerprint density at radius 3 is 2.18 bits per heavy atom. The normalized spacial score (nSPS) is 24.9. The Morgan fingerprint density at radius 2 is 1.65 bits per heavy atom. The van der Waals surface area contributed by atoms with Crippen LogP contribution in [0.2, 0.25) is 0 Å². The third-order valence-corrected chi connectivity index (χ3v) is 3.56. The molecule has 94 valence electrons. The number of benzene rings is 1. The lowest BCUT2D eigenvalue weighted by molar-refractivity contribution is 0.111. The molecule has 1 aromatic rings. The van der Waals surface area contributed by atoms with Crippen molar-refractivity contribution in [3.8, 4) is 5.75 Å². The highest BCUT2D eigenvalue weighted by Crippen LogP contribution is 2.26. The third kappa shape index (κ3) is 3.37. The van der Waals surface area contributed by atoms with Gasteiger partial charge >= 0.3 is 0 Å². The number of nitrogens with zero attached hydrogens (tertiary/aromatic N) is 1. The maximum absolute atomic E-state index is 5.96. The van der Waals surface area contributed by atoms with E-state index in [1.807, 2.05) is 24.3 Å². The minimum atomic E-state index is 0.370. The van der Waals surface area contributed by atoms with Gasteiger partial charge in [0, 0.05) is 11.7 Å². The maximum Gasteiger partial charge on any atom is 0.119 e. The second kappa shape index (κ2) is 5.41. The molecule has 1 aliphatic carbocycles. The van der Waals surface area contributed by atoms with Crippen LogP contribution in [0.25, 0.3) is 0 Å². The Kier molecular flexibility index (Phi) is 3.89. The summed E-state index contributed by atoms with van der Waals surface area (Å²) in [6.07, 6.45) is 5.12. The van der Waals surface area contributed by atoms with E-state index in [1.54, 1.807) is 0 Å². The van der Waals surface area contributed by atoms with Crippen LogP contribution in [0.1, 0.15) is 25.7 Å². The van der Waals surface area contributed by atoms with E-state index in [1.165, 1.54) is 12.8 Å². The van der Waals surface area contributed by atoms with E-state index in [0.717, 1.165) is 30.3 Å². The average molecular weight is 234 g/mol. The summed E-state index contributed by atoms with van der Waals surface area (Å²) in [5.41, 5.74) is 6.44. The molecule has 2 N–H and O–H groups in total. The van der Waals surface area contributed by atoms with E-state index in [4.69, 9.17) is 10.5 Å². The summed E-state index contributed by atoms with van der Waals surface area (Å²) in [5.74, 6) is 0.938. The fourth-order valence-corrected chi connectivity index (χ4v) is 2.42. The molecule has 0 atom stereocenters. The fraction of sp³-hybridized carbons (Fsp3) is 0.571. The Balaban J connectivity index is 1.84. The van der Waals surface area contributed by atoms with Crippen LogP contribution in [0.4, 0.5) is 5.69 Å². The molecule has 2 rings (SSSR count). The lowest BCUT2D eigenvalue weighted by Crippen LogP contribution is -2.35. The van der Waals surface area contributed by atoms with Crippen LogP contribution in [0.5, 0.6) is 5.75 Å². The number of nitrogens with two attached hydrogens (primary N) is 1. The van der Waals surface area contributed by atoms with Crippen molar-refractivity contribution in [1.29, 1.82) is 0 Å². The molecule has 0 amide bonds. The van der Waals surface area contributed by atoms with E-state index in [0.29, 0.717) is 6.10 Å². The van der Waals surface area contributed by atoms with Gasteiger partial charge < -0.3 is 15.4 Å². The van der Waals surface area contributed by atoms with Gasteiger partial charge in [-0.2, -0.15) is 0 Å². The predicted molar refractivity (Wildman–Crippen MR) is 71.2 cm³/mol. The molecule has 0 unspecified atom stereocenters. The van der Waals surface area contributed by atoms with E-state index < -0.39 is 0 Å². The second-order valence-electron chi connectivity index (χ2n) is 5.08. The van der Waals surface area contributed by atoms with Crippen LogP contribution in [0, 0.1) is 0 Å². The first-order valence-corrected chi connectivity index (χ1v) is 6.34. The SMILES string of the molecule is CN(C)C1CCC(Oc2ccc(N)cc2)CC1. The van der Waals surface area contributed by atoms with Gasteiger partial charge in [-0.25, -0.2) is 0 Å². The Labute approximate surface area is 104 Å². The van der Waals surface area contributed by atoms with Crippen molar-refractivity contribution in [1.82, 2.24) is 4.90 Å². The van der Waals surface area contributed by atoms with Gasteiger partial charge in [0.15, 0.2) is 0 Å². The van der Waals surface area contributed by atoms with Gasteiger partial charge in [-0.05, 0) is 64.0 Å². The largest absolute Gasteiger partial charge is 0.490 e. The minimum absolute atomic E-state index is 0.370.